The first-order chi connectivity index (χ1) is 9.72. The maximum atomic E-state index is 10.9. The third-order valence-electron chi connectivity index (χ3n) is 4.25. The molecule has 0 amide bonds. The number of rotatable bonds is 3. The van der Waals surface area contributed by atoms with Gasteiger partial charge in [0.2, 0.25) is 12.9 Å². The standard InChI is InChI=1S/C15H16BrNO3/c1-2-10-11(15(17-8-18)5-3-4-6-15)7-12(16)14-13(10)19-9-20-14/h7H,2-6,9H2,1H3. The Kier molecular flexibility index (Phi) is 3.57. The zero-order valence-corrected chi connectivity index (χ0v) is 13.0. The van der Waals surface area contributed by atoms with Crippen LogP contribution in [0.2, 0.25) is 0 Å². The number of halogens is 1. The van der Waals surface area contributed by atoms with Crippen LogP contribution in [0, 0.1) is 0 Å². The number of hydrogen-bond acceptors (Lipinski definition) is 4. The maximum absolute atomic E-state index is 10.9. The number of aliphatic imine (C=N–C) groups is 1. The van der Waals surface area contributed by atoms with E-state index in [0.717, 1.165) is 59.2 Å². The van der Waals surface area contributed by atoms with Gasteiger partial charge in [-0.3, -0.25) is 0 Å². The van der Waals surface area contributed by atoms with E-state index in [1.165, 1.54) is 0 Å². The van der Waals surface area contributed by atoms with E-state index in [1.54, 1.807) is 6.08 Å². The summed E-state index contributed by atoms with van der Waals surface area (Å²) in [5.74, 6) is 1.55. The van der Waals surface area contributed by atoms with Crippen molar-refractivity contribution in [3.8, 4) is 11.5 Å². The van der Waals surface area contributed by atoms with E-state index in [0.29, 0.717) is 0 Å². The lowest BCUT2D eigenvalue weighted by molar-refractivity contribution is 0.172. The Labute approximate surface area is 126 Å². The summed E-state index contributed by atoms with van der Waals surface area (Å²) in [6.45, 7) is 2.33. The minimum atomic E-state index is -0.434. The summed E-state index contributed by atoms with van der Waals surface area (Å²) in [4.78, 5) is 15.1. The molecule has 106 valence electrons. The van der Waals surface area contributed by atoms with Crippen LogP contribution in [0.15, 0.2) is 15.5 Å². The highest BCUT2D eigenvalue weighted by Crippen LogP contribution is 2.51. The number of hydrogen-bond donors (Lipinski definition) is 0. The molecule has 2 aliphatic rings. The first-order valence-corrected chi connectivity index (χ1v) is 7.71. The molecule has 0 bridgehead atoms. The van der Waals surface area contributed by atoms with E-state index in [1.807, 2.05) is 6.07 Å². The van der Waals surface area contributed by atoms with E-state index in [-0.39, 0.29) is 6.79 Å². The van der Waals surface area contributed by atoms with Crippen LogP contribution < -0.4 is 9.47 Å². The number of nitrogens with zero attached hydrogens (tertiary/aromatic N) is 1. The number of ether oxygens (including phenoxy) is 2. The molecule has 0 saturated heterocycles. The van der Waals surface area contributed by atoms with E-state index < -0.39 is 5.54 Å². The van der Waals surface area contributed by atoms with Gasteiger partial charge in [0.25, 0.3) is 0 Å². The second-order valence-electron chi connectivity index (χ2n) is 5.24. The molecule has 4 nitrogen and oxygen atoms in total. The first-order valence-electron chi connectivity index (χ1n) is 6.92. The second-order valence-corrected chi connectivity index (χ2v) is 6.10. The van der Waals surface area contributed by atoms with Crippen LogP contribution in [0.1, 0.15) is 43.7 Å². The third kappa shape index (κ3) is 1.97. The highest BCUT2D eigenvalue weighted by Gasteiger charge is 2.39. The van der Waals surface area contributed by atoms with Crippen LogP contribution in [0.4, 0.5) is 0 Å². The van der Waals surface area contributed by atoms with Crippen molar-refractivity contribution in [2.75, 3.05) is 6.79 Å². The molecular weight excluding hydrogens is 322 g/mol. The molecule has 1 heterocycles. The zero-order chi connectivity index (χ0) is 14.2. The minimum absolute atomic E-state index is 0.244. The minimum Gasteiger partial charge on any atom is -0.453 e. The molecule has 0 aromatic heterocycles. The van der Waals surface area contributed by atoms with Crippen molar-refractivity contribution in [1.29, 1.82) is 0 Å². The summed E-state index contributed by atoms with van der Waals surface area (Å²) in [5, 5.41) is 0. The van der Waals surface area contributed by atoms with E-state index in [2.05, 4.69) is 27.8 Å². The highest BCUT2D eigenvalue weighted by atomic mass is 79.9. The summed E-state index contributed by atoms with van der Waals surface area (Å²) >= 11 is 3.54. The number of benzene rings is 1. The van der Waals surface area contributed by atoms with E-state index >= 15 is 0 Å². The van der Waals surface area contributed by atoms with Gasteiger partial charge < -0.3 is 9.47 Å². The molecule has 1 aromatic carbocycles. The van der Waals surface area contributed by atoms with E-state index in [4.69, 9.17) is 9.47 Å². The molecule has 1 aliphatic heterocycles. The lowest BCUT2D eigenvalue weighted by Gasteiger charge is -2.26. The largest absolute Gasteiger partial charge is 0.453 e. The molecule has 0 atom stereocenters. The van der Waals surface area contributed by atoms with Crippen molar-refractivity contribution in [2.24, 2.45) is 4.99 Å². The lowest BCUT2D eigenvalue weighted by Crippen LogP contribution is -2.21. The van der Waals surface area contributed by atoms with Crippen molar-refractivity contribution < 1.29 is 14.3 Å². The SMILES string of the molecule is CCc1c(C2(N=C=O)CCCC2)cc(Br)c2c1OCO2. The van der Waals surface area contributed by atoms with Crippen LogP contribution in [0.3, 0.4) is 0 Å². The Bertz CT molecular complexity index is 587. The molecule has 1 fully saturated rings. The van der Waals surface area contributed by atoms with Gasteiger partial charge in [0.15, 0.2) is 11.5 Å². The molecule has 0 N–H and O–H groups in total. The van der Waals surface area contributed by atoms with Crippen molar-refractivity contribution >= 4 is 22.0 Å². The van der Waals surface area contributed by atoms with Crippen molar-refractivity contribution in [3.05, 3.63) is 21.7 Å². The van der Waals surface area contributed by atoms with Crippen LogP contribution >= 0.6 is 15.9 Å². The van der Waals surface area contributed by atoms with Gasteiger partial charge in [-0.25, -0.2) is 4.79 Å². The Morgan fingerprint density at radius 1 is 1.35 bits per heavy atom. The smallest absolute Gasteiger partial charge is 0.235 e. The molecule has 0 spiro atoms. The van der Waals surface area contributed by atoms with Gasteiger partial charge in [-0.15, -0.1) is 0 Å². The molecule has 1 aromatic rings. The van der Waals surface area contributed by atoms with Crippen LogP contribution in [0.5, 0.6) is 11.5 Å². The Morgan fingerprint density at radius 3 is 2.70 bits per heavy atom. The quantitative estimate of drug-likeness (QED) is 0.621. The lowest BCUT2D eigenvalue weighted by atomic mass is 9.84. The summed E-state index contributed by atoms with van der Waals surface area (Å²) in [6, 6.07) is 2.04. The van der Waals surface area contributed by atoms with Gasteiger partial charge in [-0.2, -0.15) is 4.99 Å². The van der Waals surface area contributed by atoms with Crippen LogP contribution in [-0.4, -0.2) is 12.9 Å². The predicted molar refractivity (Wildman–Crippen MR) is 77.9 cm³/mol. The van der Waals surface area contributed by atoms with Crippen LogP contribution in [0.25, 0.3) is 0 Å². The fourth-order valence-corrected chi connectivity index (χ4v) is 3.86. The number of carbonyl (C=O) groups excluding carboxylic acids is 1. The van der Waals surface area contributed by atoms with Crippen molar-refractivity contribution in [1.82, 2.24) is 0 Å². The van der Waals surface area contributed by atoms with Crippen LogP contribution in [-0.2, 0) is 16.8 Å². The fraction of sp³-hybridized carbons (Fsp3) is 0.533. The summed E-state index contributed by atoms with van der Waals surface area (Å²) in [5.41, 5.74) is 1.75. The average Bonchev–Trinajstić information content (AvgIpc) is 3.08. The Hall–Kier alpha value is -1.32. The molecule has 20 heavy (non-hydrogen) atoms. The van der Waals surface area contributed by atoms with Gasteiger partial charge in [0.1, 0.15) is 0 Å². The van der Waals surface area contributed by atoms with E-state index in [9.17, 15) is 4.79 Å². The fourth-order valence-electron chi connectivity index (χ4n) is 3.34. The molecule has 1 saturated carbocycles. The number of fused-ring (bicyclic) bond motifs is 1. The van der Waals surface area contributed by atoms with Gasteiger partial charge >= 0.3 is 0 Å². The molecule has 1 aliphatic carbocycles. The van der Waals surface area contributed by atoms with Gasteiger partial charge in [0, 0.05) is 5.56 Å². The van der Waals surface area contributed by atoms with Crippen molar-refractivity contribution in [3.63, 3.8) is 0 Å². The molecule has 0 radical (unpaired) electrons. The topological polar surface area (TPSA) is 47.9 Å². The van der Waals surface area contributed by atoms with Gasteiger partial charge in [-0.05, 0) is 46.8 Å². The molecular formula is C15H16BrNO3. The summed E-state index contributed by atoms with van der Waals surface area (Å²) in [6.07, 6.45) is 6.55. The normalized spacial score (nSPS) is 18.9. The molecule has 0 unspecified atom stereocenters. The molecule has 5 heteroatoms. The van der Waals surface area contributed by atoms with Gasteiger partial charge in [0.05, 0.1) is 10.0 Å². The first kappa shape index (κ1) is 13.7. The highest BCUT2D eigenvalue weighted by molar-refractivity contribution is 9.10. The van der Waals surface area contributed by atoms with Crippen molar-refractivity contribution in [2.45, 2.75) is 44.6 Å². The average molecular weight is 338 g/mol. The molecule has 3 rings (SSSR count). The zero-order valence-electron chi connectivity index (χ0n) is 11.4. The maximum Gasteiger partial charge on any atom is 0.235 e. The number of isocyanates is 1. The summed E-state index contributed by atoms with van der Waals surface area (Å²) in [7, 11) is 0. The Balaban J connectivity index is 2.23. The predicted octanol–water partition coefficient (Wildman–Crippen LogP) is 3.85. The summed E-state index contributed by atoms with van der Waals surface area (Å²) < 4.78 is 12.0. The second kappa shape index (κ2) is 5.23. The monoisotopic (exact) mass is 337 g/mol. The van der Waals surface area contributed by atoms with Gasteiger partial charge in [-0.1, -0.05) is 19.8 Å². The third-order valence-corrected chi connectivity index (χ3v) is 4.83. The Morgan fingerprint density at radius 2 is 2.05 bits per heavy atom.